The number of hydrogen-bond donors (Lipinski definition) is 1. The quantitative estimate of drug-likeness (QED) is 0.886. The smallest absolute Gasteiger partial charge is 0.0926 e. The van der Waals surface area contributed by atoms with Crippen molar-refractivity contribution in [1.29, 1.82) is 0 Å². The molecule has 2 nitrogen and oxygen atoms in total. The van der Waals surface area contributed by atoms with Crippen LogP contribution in [0.3, 0.4) is 0 Å². The normalized spacial score (nSPS) is 12.6. The third-order valence-corrected chi connectivity index (χ3v) is 4.43. The van der Waals surface area contributed by atoms with Crippen LogP contribution in [0.15, 0.2) is 34.1 Å². The van der Waals surface area contributed by atoms with E-state index in [2.05, 4.69) is 69.7 Å². The lowest BCUT2D eigenvalue weighted by molar-refractivity contribution is 0.568. The molecule has 1 aromatic carbocycles. The minimum Gasteiger partial charge on any atom is -0.305 e. The van der Waals surface area contributed by atoms with E-state index >= 15 is 0 Å². The highest BCUT2D eigenvalue weighted by molar-refractivity contribution is 9.10. The Balaban J connectivity index is 1.91. The van der Waals surface area contributed by atoms with Gasteiger partial charge in [-0.25, -0.2) is 4.98 Å². The summed E-state index contributed by atoms with van der Waals surface area (Å²) in [5.74, 6) is 0. The summed E-state index contributed by atoms with van der Waals surface area (Å²) in [4.78, 5) is 4.56. The lowest BCUT2D eigenvalue weighted by Crippen LogP contribution is -2.18. The number of aromatic nitrogens is 1. The minimum absolute atomic E-state index is 0.338. The molecule has 1 heterocycles. The van der Waals surface area contributed by atoms with Gasteiger partial charge in [0.2, 0.25) is 0 Å². The number of aryl methyl sites for hydroxylation is 1. The fraction of sp³-hybridized carbons (Fsp3) is 0.357. The molecule has 0 aliphatic rings. The molecule has 18 heavy (non-hydrogen) atoms. The Bertz CT molecular complexity index is 493. The largest absolute Gasteiger partial charge is 0.305 e. The second-order valence-electron chi connectivity index (χ2n) is 4.24. The minimum atomic E-state index is 0.338. The number of benzene rings is 1. The van der Waals surface area contributed by atoms with E-state index in [0.717, 1.165) is 23.1 Å². The molecule has 2 aromatic rings. The van der Waals surface area contributed by atoms with E-state index < -0.39 is 0 Å². The standard InChI is InChI=1S/C14H17BrN2S/c1-3-14-17-13(9-18-14)8-16-10(2)11-4-6-12(15)7-5-11/h4-7,9-10,16H,3,8H2,1-2H3/t10-/m1/s1. The summed E-state index contributed by atoms with van der Waals surface area (Å²) < 4.78 is 1.12. The average molecular weight is 325 g/mol. The van der Waals surface area contributed by atoms with E-state index in [0.29, 0.717) is 6.04 Å². The molecular weight excluding hydrogens is 308 g/mol. The van der Waals surface area contributed by atoms with Crippen LogP contribution in [0, 0.1) is 0 Å². The van der Waals surface area contributed by atoms with Crippen LogP contribution in [-0.2, 0) is 13.0 Å². The van der Waals surface area contributed by atoms with Gasteiger partial charge in [-0.15, -0.1) is 11.3 Å². The molecule has 4 heteroatoms. The van der Waals surface area contributed by atoms with Crippen molar-refractivity contribution in [3.8, 4) is 0 Å². The molecule has 96 valence electrons. The van der Waals surface area contributed by atoms with E-state index in [-0.39, 0.29) is 0 Å². The number of nitrogens with one attached hydrogen (secondary N) is 1. The Hall–Kier alpha value is -0.710. The number of thiazole rings is 1. The molecule has 0 spiro atoms. The van der Waals surface area contributed by atoms with Gasteiger partial charge >= 0.3 is 0 Å². The van der Waals surface area contributed by atoms with Crippen molar-refractivity contribution < 1.29 is 0 Å². The fourth-order valence-corrected chi connectivity index (χ4v) is 2.73. The summed E-state index contributed by atoms with van der Waals surface area (Å²) in [6, 6.07) is 8.77. The van der Waals surface area contributed by atoms with E-state index in [1.54, 1.807) is 11.3 Å². The molecule has 0 saturated heterocycles. The summed E-state index contributed by atoms with van der Waals surface area (Å²) in [6.45, 7) is 5.14. The zero-order chi connectivity index (χ0) is 13.0. The van der Waals surface area contributed by atoms with Crippen molar-refractivity contribution in [3.63, 3.8) is 0 Å². The van der Waals surface area contributed by atoms with Gasteiger partial charge in [0.25, 0.3) is 0 Å². The number of nitrogens with zero attached hydrogens (tertiary/aromatic N) is 1. The van der Waals surface area contributed by atoms with Crippen LogP contribution in [0.1, 0.15) is 36.2 Å². The average Bonchev–Trinajstić information content (AvgIpc) is 2.85. The highest BCUT2D eigenvalue weighted by Gasteiger charge is 2.06. The number of rotatable bonds is 5. The molecular formula is C14H17BrN2S. The van der Waals surface area contributed by atoms with Crippen molar-refractivity contribution in [2.24, 2.45) is 0 Å². The van der Waals surface area contributed by atoms with Gasteiger partial charge in [0.05, 0.1) is 10.7 Å². The van der Waals surface area contributed by atoms with Crippen molar-refractivity contribution in [3.05, 3.63) is 50.4 Å². The first-order valence-corrected chi connectivity index (χ1v) is 7.78. The van der Waals surface area contributed by atoms with Gasteiger partial charge in [-0.05, 0) is 31.0 Å². The maximum absolute atomic E-state index is 4.56. The van der Waals surface area contributed by atoms with E-state index in [9.17, 15) is 0 Å². The van der Waals surface area contributed by atoms with Crippen molar-refractivity contribution >= 4 is 27.3 Å². The summed E-state index contributed by atoms with van der Waals surface area (Å²) in [7, 11) is 0. The Morgan fingerprint density at radius 2 is 2.06 bits per heavy atom. The fourth-order valence-electron chi connectivity index (χ4n) is 1.72. The topological polar surface area (TPSA) is 24.9 Å². The highest BCUT2D eigenvalue weighted by atomic mass is 79.9. The van der Waals surface area contributed by atoms with Crippen LogP contribution in [0.25, 0.3) is 0 Å². The maximum Gasteiger partial charge on any atom is 0.0926 e. The zero-order valence-corrected chi connectivity index (χ0v) is 13.0. The first-order valence-electron chi connectivity index (χ1n) is 6.11. The zero-order valence-electron chi connectivity index (χ0n) is 10.6. The van der Waals surface area contributed by atoms with Gasteiger partial charge in [-0.3, -0.25) is 0 Å². The van der Waals surface area contributed by atoms with Crippen LogP contribution in [-0.4, -0.2) is 4.98 Å². The molecule has 0 amide bonds. The van der Waals surface area contributed by atoms with Crippen LogP contribution >= 0.6 is 27.3 Å². The second-order valence-corrected chi connectivity index (χ2v) is 6.10. The van der Waals surface area contributed by atoms with Gasteiger partial charge in [0.1, 0.15) is 0 Å². The Kier molecular flexibility index (Phi) is 4.92. The first kappa shape index (κ1) is 13.7. The van der Waals surface area contributed by atoms with Gasteiger partial charge in [-0.1, -0.05) is 35.0 Å². The summed E-state index contributed by atoms with van der Waals surface area (Å²) in [5.41, 5.74) is 2.44. The third-order valence-electron chi connectivity index (χ3n) is 2.86. The predicted octanol–water partition coefficient (Wildman–Crippen LogP) is 4.32. The Morgan fingerprint density at radius 3 is 2.67 bits per heavy atom. The molecule has 0 unspecified atom stereocenters. The van der Waals surface area contributed by atoms with Crippen molar-refractivity contribution in [2.75, 3.05) is 0 Å². The molecule has 0 radical (unpaired) electrons. The van der Waals surface area contributed by atoms with Crippen LogP contribution in [0.2, 0.25) is 0 Å². The predicted molar refractivity (Wildman–Crippen MR) is 80.9 cm³/mol. The van der Waals surface area contributed by atoms with Gasteiger partial charge in [0, 0.05) is 22.4 Å². The van der Waals surface area contributed by atoms with Crippen molar-refractivity contribution in [2.45, 2.75) is 32.9 Å². The molecule has 0 bridgehead atoms. The lowest BCUT2D eigenvalue weighted by atomic mass is 10.1. The molecule has 1 N–H and O–H groups in total. The number of halogens is 1. The van der Waals surface area contributed by atoms with Crippen LogP contribution < -0.4 is 5.32 Å². The molecule has 1 aromatic heterocycles. The van der Waals surface area contributed by atoms with E-state index in [4.69, 9.17) is 0 Å². The molecule has 0 saturated carbocycles. The summed E-state index contributed by atoms with van der Waals surface area (Å²) in [5, 5.41) is 6.85. The molecule has 0 aliphatic carbocycles. The van der Waals surface area contributed by atoms with Crippen molar-refractivity contribution in [1.82, 2.24) is 10.3 Å². The lowest BCUT2D eigenvalue weighted by Gasteiger charge is -2.13. The van der Waals surface area contributed by atoms with Crippen LogP contribution in [0.5, 0.6) is 0 Å². The Labute approximate surface area is 121 Å². The molecule has 0 fully saturated rings. The van der Waals surface area contributed by atoms with E-state index in [1.807, 2.05) is 0 Å². The molecule has 0 aliphatic heterocycles. The Morgan fingerprint density at radius 1 is 1.33 bits per heavy atom. The van der Waals surface area contributed by atoms with Gasteiger partial charge in [0.15, 0.2) is 0 Å². The molecule has 1 atom stereocenters. The van der Waals surface area contributed by atoms with Crippen LogP contribution in [0.4, 0.5) is 0 Å². The van der Waals surface area contributed by atoms with Gasteiger partial charge in [-0.2, -0.15) is 0 Å². The first-order chi connectivity index (χ1) is 8.69. The monoisotopic (exact) mass is 324 g/mol. The van der Waals surface area contributed by atoms with Gasteiger partial charge < -0.3 is 5.32 Å². The maximum atomic E-state index is 4.56. The third kappa shape index (κ3) is 3.64. The summed E-state index contributed by atoms with van der Waals surface area (Å²) in [6.07, 6.45) is 1.02. The van der Waals surface area contributed by atoms with E-state index in [1.165, 1.54) is 10.6 Å². The second kappa shape index (κ2) is 6.45. The molecule has 2 rings (SSSR count). The summed E-state index contributed by atoms with van der Waals surface area (Å²) >= 11 is 5.19. The SMILES string of the molecule is CCc1nc(CN[C@H](C)c2ccc(Br)cc2)cs1. The highest BCUT2D eigenvalue weighted by Crippen LogP contribution is 2.17. The number of hydrogen-bond acceptors (Lipinski definition) is 3.